The van der Waals surface area contributed by atoms with Crippen LogP contribution in [0, 0.1) is 7.14 Å². The second-order valence-electron chi connectivity index (χ2n) is 4.15. The topological polar surface area (TPSA) is 17.1 Å². The van der Waals surface area contributed by atoms with E-state index >= 15 is 0 Å². The van der Waals surface area contributed by atoms with Crippen LogP contribution in [0.25, 0.3) is 0 Å². The Bertz CT molecular complexity index is 485. The summed E-state index contributed by atoms with van der Waals surface area (Å²) in [5.41, 5.74) is 2.34. The number of hydrogen-bond donors (Lipinski definition) is 0. The molecular weight excluding hydrogens is 469 g/mol. The van der Waals surface area contributed by atoms with Crippen LogP contribution >= 0.6 is 53.0 Å². The fraction of sp³-hybridized carbons (Fsp3) is 0.143. The summed E-state index contributed by atoms with van der Waals surface area (Å²) in [6.07, 6.45) is 1.40. The van der Waals surface area contributed by atoms with Gasteiger partial charge in [0.05, 0.1) is 7.80 Å². The summed E-state index contributed by atoms with van der Waals surface area (Å²) in [5, 5.41) is 0. The standard InChI is InChI=1S/C14H13I2OP/c15-13-5-1-11(2-6-13)9-18(17)10-12-3-7-14(16)8-4-12/h1-8,18H,9-10H2. The van der Waals surface area contributed by atoms with Gasteiger partial charge in [-0.05, 0) is 80.6 Å². The van der Waals surface area contributed by atoms with E-state index in [2.05, 4.69) is 93.7 Å². The maximum atomic E-state index is 12.1. The SMILES string of the molecule is O=[PH](Cc1ccc(I)cc1)Cc1ccc(I)cc1. The normalized spacial score (nSPS) is 10.8. The third kappa shape index (κ3) is 4.67. The maximum Gasteiger partial charge on any atom is 0.0845 e. The average molecular weight is 482 g/mol. The minimum absolute atomic E-state index is 0.702. The van der Waals surface area contributed by atoms with Crippen molar-refractivity contribution in [2.75, 3.05) is 0 Å². The molecule has 0 aromatic heterocycles. The Morgan fingerprint density at radius 2 is 1.06 bits per heavy atom. The molecule has 2 rings (SSSR count). The molecule has 0 bridgehead atoms. The van der Waals surface area contributed by atoms with Crippen molar-refractivity contribution in [3.05, 3.63) is 66.8 Å². The summed E-state index contributed by atoms with van der Waals surface area (Å²) < 4.78 is 14.6. The Hall–Kier alpha value is 0.130. The zero-order valence-electron chi connectivity index (χ0n) is 9.70. The highest BCUT2D eigenvalue weighted by molar-refractivity contribution is 14.1. The monoisotopic (exact) mass is 482 g/mol. The van der Waals surface area contributed by atoms with Crippen molar-refractivity contribution in [2.24, 2.45) is 0 Å². The van der Waals surface area contributed by atoms with E-state index in [1.165, 1.54) is 18.3 Å². The van der Waals surface area contributed by atoms with E-state index in [0.29, 0.717) is 12.3 Å². The molecule has 0 saturated heterocycles. The summed E-state index contributed by atoms with van der Waals surface area (Å²) in [6.45, 7) is 0. The first-order valence-corrected chi connectivity index (χ1v) is 9.62. The number of benzene rings is 2. The Morgan fingerprint density at radius 1 is 0.722 bits per heavy atom. The molecule has 2 aromatic rings. The van der Waals surface area contributed by atoms with Crippen molar-refractivity contribution in [1.82, 2.24) is 0 Å². The smallest absolute Gasteiger partial charge is 0.0845 e. The van der Waals surface area contributed by atoms with Gasteiger partial charge in [-0.3, -0.25) is 0 Å². The number of rotatable bonds is 4. The van der Waals surface area contributed by atoms with Crippen molar-refractivity contribution in [2.45, 2.75) is 12.3 Å². The Balaban J connectivity index is 1.96. The van der Waals surface area contributed by atoms with E-state index in [-0.39, 0.29) is 0 Å². The summed E-state index contributed by atoms with van der Waals surface area (Å²) in [6, 6.07) is 16.5. The highest BCUT2D eigenvalue weighted by Gasteiger charge is 2.03. The van der Waals surface area contributed by atoms with Crippen LogP contribution in [0.2, 0.25) is 0 Å². The van der Waals surface area contributed by atoms with Crippen LogP contribution in [0.15, 0.2) is 48.5 Å². The summed E-state index contributed by atoms with van der Waals surface area (Å²) >= 11 is 4.56. The highest BCUT2D eigenvalue weighted by atomic mass is 127. The van der Waals surface area contributed by atoms with E-state index in [4.69, 9.17) is 0 Å². The second-order valence-corrected chi connectivity index (χ2v) is 8.42. The Morgan fingerprint density at radius 3 is 1.39 bits per heavy atom. The second kappa shape index (κ2) is 7.06. The molecule has 0 fully saturated rings. The van der Waals surface area contributed by atoms with Gasteiger partial charge in [0.1, 0.15) is 0 Å². The predicted molar refractivity (Wildman–Crippen MR) is 94.7 cm³/mol. The molecule has 0 amide bonds. The predicted octanol–water partition coefficient (Wildman–Crippen LogP) is 5.16. The van der Waals surface area contributed by atoms with E-state index in [1.807, 2.05) is 0 Å². The van der Waals surface area contributed by atoms with Crippen LogP contribution in [0.3, 0.4) is 0 Å². The molecule has 0 N–H and O–H groups in total. The Kier molecular flexibility index (Phi) is 5.70. The lowest BCUT2D eigenvalue weighted by molar-refractivity contribution is 0.586. The van der Waals surface area contributed by atoms with Gasteiger partial charge in [0.2, 0.25) is 0 Å². The maximum absolute atomic E-state index is 12.1. The first-order valence-electron chi connectivity index (χ1n) is 5.64. The largest absolute Gasteiger partial charge is 0.326 e. The summed E-state index contributed by atoms with van der Waals surface area (Å²) in [4.78, 5) is 0. The molecule has 0 aliphatic rings. The molecule has 0 aliphatic heterocycles. The van der Waals surface area contributed by atoms with Crippen LogP contribution in [0.1, 0.15) is 11.1 Å². The lowest BCUT2D eigenvalue weighted by Gasteiger charge is -2.04. The minimum Gasteiger partial charge on any atom is -0.326 e. The molecule has 0 saturated carbocycles. The fourth-order valence-corrected chi connectivity index (χ4v) is 3.95. The third-order valence-corrected chi connectivity index (χ3v) is 5.67. The summed E-state index contributed by atoms with van der Waals surface area (Å²) in [7, 11) is -1.57. The average Bonchev–Trinajstić information content (AvgIpc) is 2.35. The minimum atomic E-state index is -1.57. The Labute approximate surface area is 135 Å². The molecule has 0 atom stereocenters. The van der Waals surface area contributed by atoms with E-state index in [0.717, 1.165) is 0 Å². The molecule has 1 nitrogen and oxygen atoms in total. The number of halogens is 2. The third-order valence-electron chi connectivity index (χ3n) is 2.63. The highest BCUT2D eigenvalue weighted by Crippen LogP contribution is 2.31. The molecule has 2 aromatic carbocycles. The van der Waals surface area contributed by atoms with Gasteiger partial charge >= 0.3 is 0 Å². The first kappa shape index (κ1) is 14.5. The lowest BCUT2D eigenvalue weighted by Crippen LogP contribution is -1.85. The van der Waals surface area contributed by atoms with E-state index in [9.17, 15) is 4.57 Å². The van der Waals surface area contributed by atoms with Crippen LogP contribution in [-0.4, -0.2) is 0 Å². The van der Waals surface area contributed by atoms with Crippen molar-refractivity contribution in [3.63, 3.8) is 0 Å². The van der Waals surface area contributed by atoms with Gasteiger partial charge in [-0.15, -0.1) is 0 Å². The van der Waals surface area contributed by atoms with E-state index in [1.54, 1.807) is 0 Å². The quantitative estimate of drug-likeness (QED) is 0.435. The van der Waals surface area contributed by atoms with Crippen molar-refractivity contribution >= 4 is 53.0 Å². The van der Waals surface area contributed by atoms with Gasteiger partial charge in [0, 0.05) is 19.5 Å². The molecular formula is C14H13I2OP. The van der Waals surface area contributed by atoms with Crippen LogP contribution in [0.4, 0.5) is 0 Å². The molecule has 0 spiro atoms. The van der Waals surface area contributed by atoms with Crippen molar-refractivity contribution in [3.8, 4) is 0 Å². The van der Waals surface area contributed by atoms with Gasteiger partial charge in [-0.25, -0.2) is 0 Å². The van der Waals surface area contributed by atoms with Gasteiger partial charge in [0.25, 0.3) is 0 Å². The fourth-order valence-electron chi connectivity index (χ4n) is 1.72. The zero-order valence-corrected chi connectivity index (χ0v) is 15.0. The van der Waals surface area contributed by atoms with Crippen LogP contribution in [-0.2, 0) is 16.9 Å². The van der Waals surface area contributed by atoms with Gasteiger partial charge in [-0.1, -0.05) is 24.3 Å². The van der Waals surface area contributed by atoms with Gasteiger partial charge in [0.15, 0.2) is 0 Å². The molecule has 0 radical (unpaired) electrons. The first-order chi connectivity index (χ1) is 8.63. The van der Waals surface area contributed by atoms with Crippen molar-refractivity contribution < 1.29 is 4.57 Å². The van der Waals surface area contributed by atoms with Crippen LogP contribution < -0.4 is 0 Å². The number of hydrogen-bond acceptors (Lipinski definition) is 1. The molecule has 18 heavy (non-hydrogen) atoms. The van der Waals surface area contributed by atoms with E-state index < -0.39 is 7.80 Å². The zero-order chi connectivity index (χ0) is 13.0. The molecule has 0 unspecified atom stereocenters. The molecule has 0 aliphatic carbocycles. The van der Waals surface area contributed by atoms with Gasteiger partial charge < -0.3 is 4.57 Å². The molecule has 4 heteroatoms. The summed E-state index contributed by atoms with van der Waals surface area (Å²) in [5.74, 6) is 0. The molecule has 0 heterocycles. The van der Waals surface area contributed by atoms with Crippen LogP contribution in [0.5, 0.6) is 0 Å². The van der Waals surface area contributed by atoms with Crippen molar-refractivity contribution in [1.29, 1.82) is 0 Å². The lowest BCUT2D eigenvalue weighted by atomic mass is 10.2. The molecule has 94 valence electrons. The van der Waals surface area contributed by atoms with Gasteiger partial charge in [-0.2, -0.15) is 0 Å².